The van der Waals surface area contributed by atoms with Crippen LogP contribution in [0.4, 0.5) is 4.39 Å². The molecule has 0 saturated carbocycles. The summed E-state index contributed by atoms with van der Waals surface area (Å²) in [5.41, 5.74) is -0.317. The lowest BCUT2D eigenvalue weighted by molar-refractivity contribution is -0.0280. The predicted octanol–water partition coefficient (Wildman–Crippen LogP) is 1.75. The van der Waals surface area contributed by atoms with E-state index >= 15 is 0 Å². The summed E-state index contributed by atoms with van der Waals surface area (Å²) in [6.07, 6.45) is 1.59. The Morgan fingerprint density at radius 2 is 2.24 bits per heavy atom. The highest BCUT2D eigenvalue weighted by Gasteiger charge is 2.34. The molecule has 1 atom stereocenters. The highest BCUT2D eigenvalue weighted by molar-refractivity contribution is 5.33. The largest absolute Gasteiger partial charge is 0.494 e. The normalized spacial score (nSPS) is 25.9. The molecule has 1 aromatic carbocycles. The molecule has 0 spiro atoms. The third kappa shape index (κ3) is 2.42. The number of ether oxygens (including phenoxy) is 1. The number of benzene rings is 1. The Hall–Kier alpha value is -1.13. The van der Waals surface area contributed by atoms with E-state index < -0.39 is 11.4 Å². The van der Waals surface area contributed by atoms with Gasteiger partial charge < -0.3 is 14.7 Å². The second-order valence-corrected chi connectivity index (χ2v) is 4.72. The predicted molar refractivity (Wildman–Crippen MR) is 63.6 cm³/mol. The van der Waals surface area contributed by atoms with Gasteiger partial charge in [-0.25, -0.2) is 4.39 Å². The van der Waals surface area contributed by atoms with Gasteiger partial charge in [-0.1, -0.05) is 6.07 Å². The molecule has 1 aromatic rings. The van der Waals surface area contributed by atoms with E-state index in [9.17, 15) is 9.50 Å². The lowest BCUT2D eigenvalue weighted by atomic mass is 9.86. The molecule has 1 aliphatic heterocycles. The molecule has 0 radical (unpaired) electrons. The molecule has 2 rings (SSSR count). The minimum atomic E-state index is -0.944. The molecule has 1 aliphatic rings. The fourth-order valence-electron chi connectivity index (χ4n) is 2.44. The highest BCUT2D eigenvalue weighted by atomic mass is 19.1. The lowest BCUT2D eigenvalue weighted by Crippen LogP contribution is -2.44. The van der Waals surface area contributed by atoms with Crippen molar-refractivity contribution >= 4 is 0 Å². The van der Waals surface area contributed by atoms with Crippen LogP contribution in [0.2, 0.25) is 0 Å². The molecule has 1 N–H and O–H groups in total. The van der Waals surface area contributed by atoms with E-state index in [1.165, 1.54) is 13.2 Å². The molecule has 1 fully saturated rings. The molecular weight excluding hydrogens is 221 g/mol. The van der Waals surface area contributed by atoms with Gasteiger partial charge in [0.05, 0.1) is 7.11 Å². The molecule has 4 heteroatoms. The first-order valence-corrected chi connectivity index (χ1v) is 5.80. The fraction of sp³-hybridized carbons (Fsp3) is 0.538. The van der Waals surface area contributed by atoms with Crippen LogP contribution < -0.4 is 4.74 Å². The second-order valence-electron chi connectivity index (χ2n) is 4.72. The van der Waals surface area contributed by atoms with Crippen molar-refractivity contribution in [3.05, 3.63) is 29.6 Å². The van der Waals surface area contributed by atoms with Gasteiger partial charge in [0.15, 0.2) is 11.6 Å². The topological polar surface area (TPSA) is 32.7 Å². The lowest BCUT2D eigenvalue weighted by Gasteiger charge is -2.37. The SMILES string of the molecule is COc1ccc(C2(O)CCCN(C)C2)cc1F. The number of aliphatic hydroxyl groups is 1. The third-order valence-electron chi connectivity index (χ3n) is 3.35. The number of halogens is 1. The molecule has 17 heavy (non-hydrogen) atoms. The van der Waals surface area contributed by atoms with Crippen molar-refractivity contribution in [2.45, 2.75) is 18.4 Å². The van der Waals surface area contributed by atoms with E-state index in [1.54, 1.807) is 12.1 Å². The van der Waals surface area contributed by atoms with Crippen LogP contribution in [0, 0.1) is 5.82 Å². The summed E-state index contributed by atoms with van der Waals surface area (Å²) in [4.78, 5) is 2.06. The molecule has 1 saturated heterocycles. The average molecular weight is 239 g/mol. The van der Waals surface area contributed by atoms with Crippen molar-refractivity contribution in [1.82, 2.24) is 4.90 Å². The van der Waals surface area contributed by atoms with Gasteiger partial charge >= 0.3 is 0 Å². The monoisotopic (exact) mass is 239 g/mol. The van der Waals surface area contributed by atoms with E-state index in [0.717, 1.165) is 13.0 Å². The Morgan fingerprint density at radius 1 is 1.47 bits per heavy atom. The summed E-state index contributed by atoms with van der Waals surface area (Å²) in [6, 6.07) is 4.68. The van der Waals surface area contributed by atoms with Crippen LogP contribution in [0.25, 0.3) is 0 Å². The summed E-state index contributed by atoms with van der Waals surface area (Å²) in [5, 5.41) is 10.6. The van der Waals surface area contributed by atoms with E-state index in [4.69, 9.17) is 4.74 Å². The number of likely N-dealkylation sites (N-methyl/N-ethyl adjacent to an activating group) is 1. The summed E-state index contributed by atoms with van der Waals surface area (Å²) >= 11 is 0. The number of rotatable bonds is 2. The molecule has 3 nitrogen and oxygen atoms in total. The van der Waals surface area contributed by atoms with Crippen LogP contribution >= 0.6 is 0 Å². The van der Waals surface area contributed by atoms with E-state index in [1.807, 2.05) is 7.05 Å². The van der Waals surface area contributed by atoms with Crippen molar-refractivity contribution < 1.29 is 14.2 Å². The molecular formula is C13H18FNO2. The summed E-state index contributed by atoms with van der Waals surface area (Å²) in [6.45, 7) is 1.51. The van der Waals surface area contributed by atoms with Crippen molar-refractivity contribution in [3.8, 4) is 5.75 Å². The number of hydrogen-bond acceptors (Lipinski definition) is 3. The van der Waals surface area contributed by atoms with Crippen molar-refractivity contribution in [2.75, 3.05) is 27.2 Å². The first kappa shape index (κ1) is 12.3. The number of hydrogen-bond donors (Lipinski definition) is 1. The van der Waals surface area contributed by atoms with Gasteiger partial charge in [0.25, 0.3) is 0 Å². The molecule has 0 bridgehead atoms. The molecule has 1 unspecified atom stereocenters. The van der Waals surface area contributed by atoms with Crippen LogP contribution in [-0.4, -0.2) is 37.3 Å². The quantitative estimate of drug-likeness (QED) is 0.853. The Labute approximate surface area is 101 Å². The highest BCUT2D eigenvalue weighted by Crippen LogP contribution is 2.32. The zero-order chi connectivity index (χ0) is 12.5. The number of nitrogens with zero attached hydrogens (tertiary/aromatic N) is 1. The van der Waals surface area contributed by atoms with Gasteiger partial charge in [-0.15, -0.1) is 0 Å². The summed E-state index contributed by atoms with van der Waals surface area (Å²) < 4.78 is 18.5. The third-order valence-corrected chi connectivity index (χ3v) is 3.35. The van der Waals surface area contributed by atoms with Crippen molar-refractivity contribution in [3.63, 3.8) is 0 Å². The molecule has 1 heterocycles. The van der Waals surface area contributed by atoms with Crippen LogP contribution in [0.1, 0.15) is 18.4 Å². The van der Waals surface area contributed by atoms with Gasteiger partial charge in [-0.05, 0) is 44.1 Å². The van der Waals surface area contributed by atoms with Crippen LogP contribution in [0.3, 0.4) is 0 Å². The Bertz CT molecular complexity index is 410. The summed E-state index contributed by atoms with van der Waals surface area (Å²) in [5.74, 6) is -0.215. The second kappa shape index (κ2) is 4.63. The van der Waals surface area contributed by atoms with Gasteiger partial charge in [0, 0.05) is 6.54 Å². The maximum atomic E-state index is 13.6. The van der Waals surface area contributed by atoms with Gasteiger partial charge in [0.1, 0.15) is 5.60 Å². The van der Waals surface area contributed by atoms with E-state index in [0.29, 0.717) is 18.5 Å². The van der Waals surface area contributed by atoms with Crippen LogP contribution in [0.5, 0.6) is 5.75 Å². The fourth-order valence-corrected chi connectivity index (χ4v) is 2.44. The smallest absolute Gasteiger partial charge is 0.165 e. The number of methoxy groups -OCH3 is 1. The van der Waals surface area contributed by atoms with Gasteiger partial charge in [-0.2, -0.15) is 0 Å². The van der Waals surface area contributed by atoms with Crippen LogP contribution in [-0.2, 0) is 5.60 Å². The molecule has 0 aromatic heterocycles. The zero-order valence-corrected chi connectivity index (χ0v) is 10.2. The zero-order valence-electron chi connectivity index (χ0n) is 10.2. The minimum Gasteiger partial charge on any atom is -0.494 e. The van der Waals surface area contributed by atoms with Gasteiger partial charge in [-0.3, -0.25) is 0 Å². The Balaban J connectivity index is 2.29. The Kier molecular flexibility index (Phi) is 3.35. The first-order chi connectivity index (χ1) is 8.05. The first-order valence-electron chi connectivity index (χ1n) is 5.80. The molecule has 94 valence electrons. The average Bonchev–Trinajstić information content (AvgIpc) is 2.28. The van der Waals surface area contributed by atoms with Crippen LogP contribution in [0.15, 0.2) is 18.2 Å². The van der Waals surface area contributed by atoms with Crippen molar-refractivity contribution in [2.24, 2.45) is 0 Å². The Morgan fingerprint density at radius 3 is 2.82 bits per heavy atom. The number of likely N-dealkylation sites (tertiary alicyclic amines) is 1. The maximum Gasteiger partial charge on any atom is 0.165 e. The maximum absolute atomic E-state index is 13.6. The standard InChI is InChI=1S/C13H18FNO2/c1-15-7-3-6-13(16,9-15)10-4-5-12(17-2)11(14)8-10/h4-5,8,16H,3,6-7,9H2,1-2H3. The minimum absolute atomic E-state index is 0.210. The number of β-amino-alcohol motifs (C(OH)–C–C–N with tert-alkyl or cyclic N) is 1. The molecule has 0 aliphatic carbocycles. The van der Waals surface area contributed by atoms with Gasteiger partial charge in [0.2, 0.25) is 0 Å². The summed E-state index contributed by atoms with van der Waals surface area (Å²) in [7, 11) is 3.39. The number of piperidine rings is 1. The van der Waals surface area contributed by atoms with E-state index in [-0.39, 0.29) is 5.75 Å². The molecule has 0 amide bonds. The van der Waals surface area contributed by atoms with E-state index in [2.05, 4.69) is 4.90 Å². The van der Waals surface area contributed by atoms with Crippen molar-refractivity contribution in [1.29, 1.82) is 0 Å².